The molecule has 6 heteroatoms. The van der Waals surface area contributed by atoms with Gasteiger partial charge in [-0.1, -0.05) is 30.3 Å². The molecule has 0 aliphatic carbocycles. The number of esters is 1. The number of benzene rings is 1. The fourth-order valence-corrected chi connectivity index (χ4v) is 1.46. The van der Waals surface area contributed by atoms with Crippen molar-refractivity contribution in [3.63, 3.8) is 0 Å². The van der Waals surface area contributed by atoms with Gasteiger partial charge in [-0.05, 0) is 22.9 Å². The van der Waals surface area contributed by atoms with Crippen molar-refractivity contribution in [2.45, 2.75) is 6.42 Å². The van der Waals surface area contributed by atoms with Crippen molar-refractivity contribution in [1.82, 2.24) is 0 Å². The molecule has 1 aromatic heterocycles. The number of para-hydroxylation sites is 1. The topological polar surface area (TPSA) is 63.6 Å². The van der Waals surface area contributed by atoms with E-state index < -0.39 is 18.4 Å². The number of rotatable bonds is 3. The van der Waals surface area contributed by atoms with E-state index in [-0.39, 0.29) is 37.7 Å². The van der Waals surface area contributed by atoms with Gasteiger partial charge < -0.3 is 9.84 Å². The van der Waals surface area contributed by atoms with E-state index in [2.05, 4.69) is 0 Å². The van der Waals surface area contributed by atoms with Gasteiger partial charge in [-0.25, -0.2) is 0 Å². The summed E-state index contributed by atoms with van der Waals surface area (Å²) in [7, 11) is 0. The molecular weight excluding hydrogens is 292 g/mol. The summed E-state index contributed by atoms with van der Waals surface area (Å²) in [6.45, 7) is 0. The first-order valence-corrected chi connectivity index (χ1v) is 6.07. The quantitative estimate of drug-likeness (QED) is 0.407. The van der Waals surface area contributed by atoms with Crippen LogP contribution in [0.25, 0.3) is 0 Å². The Kier molecular flexibility index (Phi) is 10.5. The van der Waals surface area contributed by atoms with Crippen LogP contribution in [-0.2, 0) is 9.59 Å². The first kappa shape index (κ1) is 18.1. The molecule has 2 aromatic rings. The molecule has 0 atom stereocenters. The predicted molar refractivity (Wildman–Crippen MR) is 77.2 cm³/mol. The van der Waals surface area contributed by atoms with Gasteiger partial charge in [-0.15, -0.1) is 0 Å². The Morgan fingerprint density at radius 2 is 1.63 bits per heavy atom. The van der Waals surface area contributed by atoms with Gasteiger partial charge in [0.25, 0.3) is 0 Å². The number of aliphatic carboxylic acids is 1. The van der Waals surface area contributed by atoms with Crippen LogP contribution in [0.3, 0.4) is 0 Å². The molecule has 0 amide bonds. The second kappa shape index (κ2) is 11.0. The van der Waals surface area contributed by atoms with Crippen molar-refractivity contribution in [3.05, 3.63) is 53.2 Å². The van der Waals surface area contributed by atoms with E-state index >= 15 is 0 Å². The second-order valence-corrected chi connectivity index (χ2v) is 3.97. The molecule has 0 unspecified atom stereocenters. The van der Waals surface area contributed by atoms with Gasteiger partial charge in [-0.2, -0.15) is 11.3 Å². The Morgan fingerprint density at radius 1 is 1.05 bits per heavy atom. The van der Waals surface area contributed by atoms with Gasteiger partial charge in [0.1, 0.15) is 12.2 Å². The summed E-state index contributed by atoms with van der Waals surface area (Å²) in [5.74, 6) is -1.60. The van der Waals surface area contributed by atoms with Crippen LogP contribution >= 0.6 is 11.3 Å². The van der Waals surface area contributed by atoms with E-state index in [0.29, 0.717) is 5.75 Å². The van der Waals surface area contributed by atoms with Gasteiger partial charge in [0, 0.05) is 0 Å². The molecular formula is C13H14CaO4S. The number of hydrogen-bond donors (Lipinski definition) is 1. The minimum absolute atomic E-state index is 0. The molecule has 0 saturated carbocycles. The molecule has 2 rings (SSSR count). The predicted octanol–water partition coefficient (Wildman–Crippen LogP) is 1.90. The standard InChI is InChI=1S/C9H8O4.C4H4S.Ca.2H/c10-8(11)6-9(12)13-7-4-2-1-3-5-7;1-2-4-5-3-1;;;/h1-5H,6H2,(H,10,11);1-4H;;;. The van der Waals surface area contributed by atoms with E-state index in [9.17, 15) is 9.59 Å². The molecule has 1 N–H and O–H groups in total. The van der Waals surface area contributed by atoms with Crippen molar-refractivity contribution in [2.24, 2.45) is 0 Å². The number of carboxylic acids is 1. The Balaban J connectivity index is 0.000000454. The van der Waals surface area contributed by atoms with E-state index in [1.54, 1.807) is 41.7 Å². The SMILES string of the molecule is O=C(O)CC(=O)Oc1ccccc1.[CaH2].c1ccsc1. The van der Waals surface area contributed by atoms with Gasteiger partial charge in [0.2, 0.25) is 0 Å². The Labute approximate surface area is 145 Å². The Hall–Kier alpha value is -0.880. The summed E-state index contributed by atoms with van der Waals surface area (Å²) in [6, 6.07) is 12.4. The molecule has 98 valence electrons. The molecule has 0 bridgehead atoms. The fourth-order valence-electron chi connectivity index (χ4n) is 1.01. The van der Waals surface area contributed by atoms with Crippen LogP contribution in [0.5, 0.6) is 5.75 Å². The van der Waals surface area contributed by atoms with E-state index in [0.717, 1.165) is 0 Å². The summed E-state index contributed by atoms with van der Waals surface area (Å²) >= 11 is 1.71. The van der Waals surface area contributed by atoms with Crippen molar-refractivity contribution in [1.29, 1.82) is 0 Å². The van der Waals surface area contributed by atoms with Crippen LogP contribution < -0.4 is 4.74 Å². The maximum atomic E-state index is 10.8. The van der Waals surface area contributed by atoms with Crippen molar-refractivity contribution < 1.29 is 19.4 Å². The van der Waals surface area contributed by atoms with Crippen LogP contribution in [0.15, 0.2) is 53.2 Å². The van der Waals surface area contributed by atoms with Crippen LogP contribution in [-0.4, -0.2) is 54.8 Å². The Morgan fingerprint density at radius 3 is 2.05 bits per heavy atom. The summed E-state index contributed by atoms with van der Waals surface area (Å²) < 4.78 is 4.71. The minimum atomic E-state index is -1.19. The molecule has 0 aliphatic rings. The third-order valence-electron chi connectivity index (χ3n) is 1.70. The number of hydrogen-bond acceptors (Lipinski definition) is 4. The van der Waals surface area contributed by atoms with E-state index in [4.69, 9.17) is 9.84 Å². The zero-order valence-corrected chi connectivity index (χ0v) is 10.3. The molecule has 1 heterocycles. The van der Waals surface area contributed by atoms with Crippen LogP contribution in [0.1, 0.15) is 6.42 Å². The number of carbonyl (C=O) groups is 2. The fraction of sp³-hybridized carbons (Fsp3) is 0.0769. The van der Waals surface area contributed by atoms with Gasteiger partial charge >= 0.3 is 49.7 Å². The maximum absolute atomic E-state index is 10.8. The molecule has 0 fully saturated rings. The van der Waals surface area contributed by atoms with Crippen LogP contribution in [0.2, 0.25) is 0 Å². The van der Waals surface area contributed by atoms with Gasteiger partial charge in [0.05, 0.1) is 0 Å². The minimum Gasteiger partial charge on any atom is -0.152 e. The molecule has 1 aromatic carbocycles. The van der Waals surface area contributed by atoms with Gasteiger partial charge in [-0.3, -0.25) is 9.59 Å². The first-order chi connectivity index (χ1) is 8.68. The second-order valence-electron chi connectivity index (χ2n) is 3.15. The molecule has 0 saturated heterocycles. The largest absolute Gasteiger partial charge is 0.152 e. The summed E-state index contributed by atoms with van der Waals surface area (Å²) in [4.78, 5) is 20.9. The summed E-state index contributed by atoms with van der Waals surface area (Å²) in [5.41, 5.74) is 0. The zero-order chi connectivity index (χ0) is 13.2. The summed E-state index contributed by atoms with van der Waals surface area (Å²) in [6.07, 6.45) is -0.616. The average molecular weight is 306 g/mol. The summed E-state index contributed by atoms with van der Waals surface area (Å²) in [5, 5.41) is 12.3. The van der Waals surface area contributed by atoms with E-state index in [1.165, 1.54) is 0 Å². The zero-order valence-electron chi connectivity index (χ0n) is 9.48. The maximum Gasteiger partial charge on any atom is -0.00934 e. The van der Waals surface area contributed by atoms with Crippen LogP contribution in [0.4, 0.5) is 0 Å². The normalized spacial score (nSPS) is 8.42. The van der Waals surface area contributed by atoms with Crippen LogP contribution in [0, 0.1) is 0 Å². The molecule has 4 nitrogen and oxygen atoms in total. The van der Waals surface area contributed by atoms with Crippen molar-refractivity contribution in [2.75, 3.05) is 0 Å². The van der Waals surface area contributed by atoms with E-state index in [1.807, 2.05) is 22.9 Å². The monoisotopic (exact) mass is 306 g/mol. The first-order valence-electron chi connectivity index (χ1n) is 5.13. The van der Waals surface area contributed by atoms with Gasteiger partial charge in [0.15, 0.2) is 0 Å². The number of ether oxygens (including phenoxy) is 1. The molecule has 0 spiro atoms. The average Bonchev–Trinajstić information content (AvgIpc) is 2.87. The third kappa shape index (κ3) is 9.67. The smallest absolute Gasteiger partial charge is 0.00934 e. The third-order valence-corrected chi connectivity index (χ3v) is 2.32. The molecule has 19 heavy (non-hydrogen) atoms. The molecule has 0 radical (unpaired) electrons. The van der Waals surface area contributed by atoms with Crippen molar-refractivity contribution >= 4 is 61.0 Å². The Bertz CT molecular complexity index is 453. The number of thiophene rings is 1. The molecule has 0 aliphatic heterocycles. The number of carboxylic acid groups (broad SMARTS) is 1. The van der Waals surface area contributed by atoms with Crippen molar-refractivity contribution in [3.8, 4) is 5.75 Å². The number of carbonyl (C=O) groups excluding carboxylic acids is 1.